The molecule has 1 aliphatic carbocycles. The van der Waals surface area contributed by atoms with Crippen molar-refractivity contribution in [2.45, 2.75) is 24.4 Å². The zero-order valence-electron chi connectivity index (χ0n) is 23.9. The molecule has 0 radical (unpaired) electrons. The predicted octanol–water partition coefficient (Wildman–Crippen LogP) is 9.50. The third kappa shape index (κ3) is 4.14. The van der Waals surface area contributed by atoms with Crippen LogP contribution in [0.5, 0.6) is 0 Å². The molecule has 43 heavy (non-hydrogen) atoms. The Morgan fingerprint density at radius 1 is 0.814 bits per heavy atom. The van der Waals surface area contributed by atoms with Gasteiger partial charge in [-0.2, -0.15) is 0 Å². The topological polar surface area (TPSA) is 54.8 Å². The quantitative estimate of drug-likeness (QED) is 0.215. The van der Waals surface area contributed by atoms with Crippen LogP contribution in [0.2, 0.25) is 0 Å². The lowest BCUT2D eigenvalue weighted by molar-refractivity contribution is 0.542. The third-order valence-corrected chi connectivity index (χ3v) is 8.97. The van der Waals surface area contributed by atoms with Gasteiger partial charge in [-0.25, -0.2) is 0 Å². The molecule has 3 unspecified atom stereocenters. The molecule has 2 aliphatic rings. The average Bonchev–Trinajstić information content (AvgIpc) is 3.54. The highest BCUT2D eigenvalue weighted by Crippen LogP contribution is 2.55. The summed E-state index contributed by atoms with van der Waals surface area (Å²) in [5.41, 5.74) is 15.8. The fourth-order valence-corrected chi connectivity index (χ4v) is 6.85. The third-order valence-electron chi connectivity index (χ3n) is 8.97. The number of benzene rings is 5. The van der Waals surface area contributed by atoms with E-state index in [2.05, 4.69) is 103 Å². The molecule has 0 spiro atoms. The maximum atomic E-state index is 6.68. The van der Waals surface area contributed by atoms with E-state index in [1.54, 1.807) is 0 Å². The van der Waals surface area contributed by atoms with Gasteiger partial charge in [-0.15, -0.1) is 0 Å². The monoisotopic (exact) mass is 557 g/mol. The van der Waals surface area contributed by atoms with Gasteiger partial charge in [0.15, 0.2) is 0 Å². The Hall–Kier alpha value is -5.19. The van der Waals surface area contributed by atoms with Crippen LogP contribution < -0.4 is 10.6 Å². The van der Waals surface area contributed by atoms with Crippen molar-refractivity contribution < 1.29 is 4.42 Å². The molecule has 208 valence electrons. The molecular weight excluding hydrogens is 526 g/mol. The van der Waals surface area contributed by atoms with Gasteiger partial charge >= 0.3 is 0 Å². The first kappa shape index (κ1) is 25.5. The Balaban J connectivity index is 1.20. The summed E-state index contributed by atoms with van der Waals surface area (Å²) in [5.74, 6) is 0.203. The molecule has 0 amide bonds. The van der Waals surface area contributed by atoms with E-state index in [1.807, 2.05) is 54.7 Å². The summed E-state index contributed by atoms with van der Waals surface area (Å²) in [5, 5.41) is 2.28. The minimum atomic E-state index is -0.253. The zero-order chi connectivity index (χ0) is 29.0. The molecule has 0 saturated heterocycles. The van der Waals surface area contributed by atoms with Gasteiger partial charge in [-0.3, -0.25) is 4.99 Å². The second-order valence-electron chi connectivity index (χ2n) is 11.6. The van der Waals surface area contributed by atoms with Crippen LogP contribution in [0.1, 0.15) is 41.1 Å². The number of fused-ring (bicyclic) bond motifs is 6. The SMILES string of the molecule is CC12C=CC=CC1c1cc3oc4ccccc4c3cc1N2c1cccc(/C=N/c2ccccc2C(N)c2ccccc2)c1. The van der Waals surface area contributed by atoms with Crippen molar-refractivity contribution in [1.29, 1.82) is 0 Å². The van der Waals surface area contributed by atoms with Crippen LogP contribution in [0.3, 0.4) is 0 Å². The number of aliphatic imine (C=N–C) groups is 1. The largest absolute Gasteiger partial charge is 0.456 e. The molecule has 3 atom stereocenters. The minimum Gasteiger partial charge on any atom is -0.456 e. The summed E-state index contributed by atoms with van der Waals surface area (Å²) in [4.78, 5) is 7.42. The number of rotatable bonds is 5. The molecular formula is C39H31N3O. The van der Waals surface area contributed by atoms with E-state index in [1.165, 1.54) is 11.3 Å². The van der Waals surface area contributed by atoms with E-state index < -0.39 is 0 Å². The lowest BCUT2D eigenvalue weighted by Crippen LogP contribution is -2.41. The van der Waals surface area contributed by atoms with Crippen LogP contribution in [0, 0.1) is 0 Å². The van der Waals surface area contributed by atoms with Crippen molar-refractivity contribution in [2.75, 3.05) is 4.90 Å². The summed E-state index contributed by atoms with van der Waals surface area (Å²) >= 11 is 0. The molecule has 0 fully saturated rings. The molecule has 2 heterocycles. The Morgan fingerprint density at radius 3 is 2.53 bits per heavy atom. The van der Waals surface area contributed by atoms with Crippen LogP contribution in [-0.2, 0) is 0 Å². The fourth-order valence-electron chi connectivity index (χ4n) is 6.85. The van der Waals surface area contributed by atoms with Crippen LogP contribution in [-0.4, -0.2) is 11.8 Å². The molecule has 4 heteroatoms. The normalized spacial score (nSPS) is 19.8. The number of allylic oxidation sites excluding steroid dienone is 2. The van der Waals surface area contributed by atoms with E-state index in [9.17, 15) is 0 Å². The fraction of sp³-hybridized carbons (Fsp3) is 0.103. The van der Waals surface area contributed by atoms with Gasteiger partial charge in [0.1, 0.15) is 11.2 Å². The van der Waals surface area contributed by atoms with Crippen molar-refractivity contribution in [3.8, 4) is 0 Å². The molecule has 0 saturated carbocycles. The van der Waals surface area contributed by atoms with E-state index in [4.69, 9.17) is 15.1 Å². The van der Waals surface area contributed by atoms with Crippen LogP contribution >= 0.6 is 0 Å². The van der Waals surface area contributed by atoms with Crippen molar-refractivity contribution in [1.82, 2.24) is 0 Å². The Morgan fingerprint density at radius 2 is 1.63 bits per heavy atom. The molecule has 1 aromatic heterocycles. The van der Waals surface area contributed by atoms with E-state index in [0.29, 0.717) is 0 Å². The number of hydrogen-bond acceptors (Lipinski definition) is 4. The Bertz CT molecular complexity index is 2090. The first-order valence-electron chi connectivity index (χ1n) is 14.8. The maximum absolute atomic E-state index is 6.68. The second kappa shape index (κ2) is 9.97. The highest BCUT2D eigenvalue weighted by Gasteiger charge is 2.47. The average molecular weight is 558 g/mol. The van der Waals surface area contributed by atoms with Gasteiger partial charge in [-0.05, 0) is 65.6 Å². The number of nitrogens with zero attached hydrogens (tertiary/aromatic N) is 2. The molecule has 6 aromatic rings. The number of furan rings is 1. The van der Waals surface area contributed by atoms with Gasteiger partial charge in [0.2, 0.25) is 0 Å². The summed E-state index contributed by atoms with van der Waals surface area (Å²) in [6.45, 7) is 2.32. The minimum absolute atomic E-state index is 0.203. The van der Waals surface area contributed by atoms with Gasteiger partial charge in [0.05, 0.1) is 17.3 Å². The molecule has 2 N–H and O–H groups in total. The molecule has 4 nitrogen and oxygen atoms in total. The molecule has 8 rings (SSSR count). The van der Waals surface area contributed by atoms with Crippen molar-refractivity contribution in [2.24, 2.45) is 10.7 Å². The second-order valence-corrected chi connectivity index (χ2v) is 11.6. The molecule has 5 aromatic carbocycles. The Kier molecular flexibility index (Phi) is 5.92. The summed E-state index contributed by atoms with van der Waals surface area (Å²) in [7, 11) is 0. The zero-order valence-corrected chi connectivity index (χ0v) is 23.9. The smallest absolute Gasteiger partial charge is 0.135 e. The van der Waals surface area contributed by atoms with Crippen LogP contribution in [0.4, 0.5) is 17.1 Å². The van der Waals surface area contributed by atoms with Crippen molar-refractivity contribution in [3.63, 3.8) is 0 Å². The first-order chi connectivity index (χ1) is 21.1. The Labute approximate surface area is 251 Å². The number of anilines is 2. The van der Waals surface area contributed by atoms with Gasteiger partial charge < -0.3 is 15.1 Å². The molecule has 1 aliphatic heterocycles. The highest BCUT2D eigenvalue weighted by atomic mass is 16.3. The van der Waals surface area contributed by atoms with E-state index >= 15 is 0 Å². The highest BCUT2D eigenvalue weighted by molar-refractivity contribution is 6.07. The van der Waals surface area contributed by atoms with Gasteiger partial charge in [-0.1, -0.05) is 103 Å². The maximum Gasteiger partial charge on any atom is 0.135 e. The lowest BCUT2D eigenvalue weighted by Gasteiger charge is -2.39. The van der Waals surface area contributed by atoms with Gasteiger partial charge in [0, 0.05) is 34.3 Å². The molecule has 0 bridgehead atoms. The van der Waals surface area contributed by atoms with E-state index in [-0.39, 0.29) is 17.5 Å². The first-order valence-corrected chi connectivity index (χ1v) is 14.8. The van der Waals surface area contributed by atoms with Gasteiger partial charge in [0.25, 0.3) is 0 Å². The summed E-state index contributed by atoms with van der Waals surface area (Å²) in [6.07, 6.45) is 10.9. The van der Waals surface area contributed by atoms with Crippen LogP contribution in [0.15, 0.2) is 149 Å². The number of para-hydroxylation sites is 2. The number of nitrogens with two attached hydrogens (primary N) is 1. The number of hydrogen-bond donors (Lipinski definition) is 1. The van der Waals surface area contributed by atoms with Crippen LogP contribution in [0.25, 0.3) is 21.9 Å². The van der Waals surface area contributed by atoms with E-state index in [0.717, 1.165) is 50.0 Å². The standard InChI is InChI=1S/C39H31N3O/c1-39-21-10-9-18-33(39)32-24-37-31(29-16-6-8-20-36(29)43-37)23-35(32)42(39)28-15-11-12-26(22-28)25-41-34-19-7-5-17-30(34)38(40)27-13-3-2-4-14-27/h2-25,33,38H,40H2,1H3/b41-25+. The van der Waals surface area contributed by atoms with Crippen molar-refractivity contribution >= 4 is 45.2 Å². The van der Waals surface area contributed by atoms with Crippen molar-refractivity contribution in [3.05, 3.63) is 162 Å². The summed E-state index contributed by atoms with van der Waals surface area (Å²) in [6, 6.07) is 39.5. The summed E-state index contributed by atoms with van der Waals surface area (Å²) < 4.78 is 6.29. The predicted molar refractivity (Wildman–Crippen MR) is 178 cm³/mol. The lowest BCUT2D eigenvalue weighted by atomic mass is 9.80.